The van der Waals surface area contributed by atoms with Gasteiger partial charge in [0.1, 0.15) is 5.75 Å². The number of nitrogens with one attached hydrogen (secondary N) is 1. The van der Waals surface area contributed by atoms with Crippen molar-refractivity contribution >= 4 is 17.5 Å². The first-order chi connectivity index (χ1) is 14.6. The lowest BCUT2D eigenvalue weighted by molar-refractivity contribution is -0.120. The molecule has 0 aliphatic carbocycles. The highest BCUT2D eigenvalue weighted by atomic mass is 16.5. The first-order valence-electron chi connectivity index (χ1n) is 10.3. The molecule has 2 aromatic carbocycles. The molecular formula is C24H26N4O2. The van der Waals surface area contributed by atoms with Gasteiger partial charge in [-0.2, -0.15) is 0 Å². The predicted molar refractivity (Wildman–Crippen MR) is 118 cm³/mol. The summed E-state index contributed by atoms with van der Waals surface area (Å²) in [6, 6.07) is 19.1. The predicted octanol–water partition coefficient (Wildman–Crippen LogP) is 4.74. The molecule has 0 unspecified atom stereocenters. The summed E-state index contributed by atoms with van der Waals surface area (Å²) in [6.07, 6.45) is 1.54. The fourth-order valence-electron chi connectivity index (χ4n) is 3.70. The molecule has 4 rings (SSSR count). The van der Waals surface area contributed by atoms with Crippen molar-refractivity contribution in [2.75, 3.05) is 23.3 Å². The van der Waals surface area contributed by atoms with Gasteiger partial charge in [-0.05, 0) is 57.0 Å². The molecule has 1 N–H and O–H groups in total. The van der Waals surface area contributed by atoms with Crippen LogP contribution in [-0.4, -0.2) is 29.0 Å². The van der Waals surface area contributed by atoms with Crippen LogP contribution in [0.3, 0.4) is 0 Å². The molecule has 6 heteroatoms. The van der Waals surface area contributed by atoms with Crippen LogP contribution in [0.4, 0.5) is 11.6 Å². The minimum absolute atomic E-state index is 0.0279. The molecule has 0 bridgehead atoms. The number of amides is 1. The van der Waals surface area contributed by atoms with E-state index in [4.69, 9.17) is 4.74 Å². The molecule has 1 aliphatic heterocycles. The van der Waals surface area contributed by atoms with Gasteiger partial charge in [0.2, 0.25) is 11.9 Å². The number of benzene rings is 2. The Labute approximate surface area is 176 Å². The highest BCUT2D eigenvalue weighted by molar-refractivity contribution is 5.94. The largest absolute Gasteiger partial charge is 0.455 e. The monoisotopic (exact) mass is 402 g/mol. The van der Waals surface area contributed by atoms with E-state index in [1.165, 1.54) is 0 Å². The molecule has 30 heavy (non-hydrogen) atoms. The molecule has 1 aromatic heterocycles. The van der Waals surface area contributed by atoms with Gasteiger partial charge >= 0.3 is 0 Å². The van der Waals surface area contributed by atoms with Crippen molar-refractivity contribution < 1.29 is 9.53 Å². The summed E-state index contributed by atoms with van der Waals surface area (Å²) in [7, 11) is 0. The Morgan fingerprint density at radius 3 is 2.30 bits per heavy atom. The van der Waals surface area contributed by atoms with E-state index in [0.29, 0.717) is 11.4 Å². The van der Waals surface area contributed by atoms with Crippen molar-refractivity contribution in [3.63, 3.8) is 0 Å². The van der Waals surface area contributed by atoms with Gasteiger partial charge in [-0.1, -0.05) is 30.3 Å². The van der Waals surface area contributed by atoms with E-state index < -0.39 is 0 Å². The van der Waals surface area contributed by atoms with Gasteiger partial charge in [0.05, 0.1) is 5.69 Å². The Balaban J connectivity index is 1.38. The summed E-state index contributed by atoms with van der Waals surface area (Å²) in [4.78, 5) is 24.2. The SMILES string of the molecule is Cc1cc(C)nc(N2CCC(C(=O)Nc3ccccc3Oc3ccccc3)CC2)n1. The molecule has 1 saturated heterocycles. The van der Waals surface area contributed by atoms with Crippen molar-refractivity contribution in [3.8, 4) is 11.5 Å². The Kier molecular flexibility index (Phi) is 5.93. The number of carbonyl (C=O) groups is 1. The third kappa shape index (κ3) is 4.76. The number of anilines is 2. The molecule has 3 aromatic rings. The Bertz CT molecular complexity index is 994. The Morgan fingerprint density at radius 1 is 0.967 bits per heavy atom. The van der Waals surface area contributed by atoms with Crippen molar-refractivity contribution in [1.29, 1.82) is 0 Å². The molecular weight excluding hydrogens is 376 g/mol. The number of aryl methyl sites for hydroxylation is 2. The van der Waals surface area contributed by atoms with E-state index in [0.717, 1.165) is 49.0 Å². The van der Waals surface area contributed by atoms with E-state index in [2.05, 4.69) is 20.2 Å². The lowest BCUT2D eigenvalue weighted by atomic mass is 9.96. The smallest absolute Gasteiger partial charge is 0.227 e. The van der Waals surface area contributed by atoms with Crippen LogP contribution in [0.1, 0.15) is 24.2 Å². The van der Waals surface area contributed by atoms with E-state index >= 15 is 0 Å². The molecule has 0 spiro atoms. The normalized spacial score (nSPS) is 14.4. The second-order valence-electron chi connectivity index (χ2n) is 7.61. The number of hydrogen-bond acceptors (Lipinski definition) is 5. The van der Waals surface area contributed by atoms with Crippen LogP contribution >= 0.6 is 0 Å². The molecule has 6 nitrogen and oxygen atoms in total. The van der Waals surface area contributed by atoms with Crippen LogP contribution in [0, 0.1) is 19.8 Å². The van der Waals surface area contributed by atoms with Crippen molar-refractivity contribution in [1.82, 2.24) is 9.97 Å². The lowest BCUT2D eigenvalue weighted by Gasteiger charge is -2.31. The van der Waals surface area contributed by atoms with Gasteiger partial charge in [-0.15, -0.1) is 0 Å². The number of para-hydroxylation sites is 3. The topological polar surface area (TPSA) is 67.4 Å². The van der Waals surface area contributed by atoms with E-state index in [9.17, 15) is 4.79 Å². The van der Waals surface area contributed by atoms with Crippen LogP contribution in [0.15, 0.2) is 60.7 Å². The Morgan fingerprint density at radius 2 is 1.60 bits per heavy atom. The quantitative estimate of drug-likeness (QED) is 0.668. The molecule has 2 heterocycles. The second-order valence-corrected chi connectivity index (χ2v) is 7.61. The number of carbonyl (C=O) groups excluding carboxylic acids is 1. The summed E-state index contributed by atoms with van der Waals surface area (Å²) in [5.74, 6) is 2.11. The maximum atomic E-state index is 12.9. The summed E-state index contributed by atoms with van der Waals surface area (Å²) >= 11 is 0. The summed E-state index contributed by atoms with van der Waals surface area (Å²) < 4.78 is 5.96. The molecule has 1 fully saturated rings. The average molecular weight is 402 g/mol. The fraction of sp³-hybridized carbons (Fsp3) is 0.292. The van der Waals surface area contributed by atoms with E-state index in [-0.39, 0.29) is 11.8 Å². The number of hydrogen-bond donors (Lipinski definition) is 1. The second kappa shape index (κ2) is 8.95. The first-order valence-corrected chi connectivity index (χ1v) is 10.3. The lowest BCUT2D eigenvalue weighted by Crippen LogP contribution is -2.39. The van der Waals surface area contributed by atoms with Crippen LogP contribution in [0.25, 0.3) is 0 Å². The molecule has 154 valence electrons. The van der Waals surface area contributed by atoms with Gasteiger partial charge in [0.15, 0.2) is 5.75 Å². The minimum Gasteiger partial charge on any atom is -0.455 e. The highest BCUT2D eigenvalue weighted by Gasteiger charge is 2.27. The molecule has 0 atom stereocenters. The molecule has 1 aliphatic rings. The summed E-state index contributed by atoms with van der Waals surface area (Å²) in [5, 5.41) is 3.06. The van der Waals surface area contributed by atoms with Gasteiger partial charge in [0, 0.05) is 30.4 Å². The minimum atomic E-state index is -0.0445. The average Bonchev–Trinajstić information content (AvgIpc) is 2.75. The molecule has 1 amide bonds. The number of rotatable bonds is 5. The van der Waals surface area contributed by atoms with Gasteiger partial charge < -0.3 is 15.0 Å². The first kappa shape index (κ1) is 19.9. The zero-order valence-electron chi connectivity index (χ0n) is 17.3. The summed E-state index contributed by atoms with van der Waals surface area (Å²) in [5.41, 5.74) is 2.62. The van der Waals surface area contributed by atoms with Crippen LogP contribution < -0.4 is 15.0 Å². The Hall–Kier alpha value is -3.41. The van der Waals surface area contributed by atoms with Crippen molar-refractivity contribution in [3.05, 3.63) is 72.1 Å². The van der Waals surface area contributed by atoms with Crippen LogP contribution in [0.2, 0.25) is 0 Å². The van der Waals surface area contributed by atoms with Gasteiger partial charge in [0.25, 0.3) is 0 Å². The maximum absolute atomic E-state index is 12.9. The van der Waals surface area contributed by atoms with Crippen molar-refractivity contribution in [2.24, 2.45) is 5.92 Å². The van der Waals surface area contributed by atoms with E-state index in [1.807, 2.05) is 74.5 Å². The summed E-state index contributed by atoms with van der Waals surface area (Å²) in [6.45, 7) is 5.49. The van der Waals surface area contributed by atoms with Crippen molar-refractivity contribution in [2.45, 2.75) is 26.7 Å². The van der Waals surface area contributed by atoms with Crippen LogP contribution in [0.5, 0.6) is 11.5 Å². The third-order valence-corrected chi connectivity index (χ3v) is 5.24. The van der Waals surface area contributed by atoms with Gasteiger partial charge in [-0.25, -0.2) is 9.97 Å². The fourth-order valence-corrected chi connectivity index (χ4v) is 3.70. The molecule has 0 saturated carbocycles. The maximum Gasteiger partial charge on any atom is 0.227 e. The zero-order valence-corrected chi connectivity index (χ0v) is 17.3. The third-order valence-electron chi connectivity index (χ3n) is 5.24. The van der Waals surface area contributed by atoms with Gasteiger partial charge in [-0.3, -0.25) is 4.79 Å². The number of nitrogens with zero attached hydrogens (tertiary/aromatic N) is 3. The number of aromatic nitrogens is 2. The number of ether oxygens (including phenoxy) is 1. The number of piperidine rings is 1. The van der Waals surface area contributed by atoms with Crippen LogP contribution in [-0.2, 0) is 4.79 Å². The standard InChI is InChI=1S/C24H26N4O2/c1-17-16-18(2)26-24(25-17)28-14-12-19(13-15-28)23(29)27-21-10-6-7-11-22(21)30-20-8-4-3-5-9-20/h3-11,16,19H,12-15H2,1-2H3,(H,27,29). The zero-order chi connectivity index (χ0) is 20.9. The highest BCUT2D eigenvalue weighted by Crippen LogP contribution is 2.30. The molecule has 0 radical (unpaired) electrons. The van der Waals surface area contributed by atoms with E-state index in [1.54, 1.807) is 0 Å².